The van der Waals surface area contributed by atoms with Gasteiger partial charge in [-0.25, -0.2) is 0 Å². The fourth-order valence-electron chi connectivity index (χ4n) is 3.46. The molecule has 160 valence electrons. The van der Waals surface area contributed by atoms with Crippen molar-refractivity contribution in [3.8, 4) is 0 Å². The zero-order chi connectivity index (χ0) is 20.2. The molecule has 2 N–H and O–H groups in total. The van der Waals surface area contributed by atoms with E-state index in [0.29, 0.717) is 19.1 Å². The second kappa shape index (κ2) is 19.9. The Labute approximate surface area is 167 Å². The molecule has 0 aliphatic carbocycles. The molecule has 0 saturated heterocycles. The Balaban J connectivity index is 3.33. The topological polar surface area (TPSA) is 66.4 Å². The molecular weight excluding hydrogens is 338 g/mol. The van der Waals surface area contributed by atoms with Gasteiger partial charge in [0.25, 0.3) is 0 Å². The van der Waals surface area contributed by atoms with Crippen molar-refractivity contribution < 1.29 is 14.7 Å². The van der Waals surface area contributed by atoms with E-state index in [0.717, 1.165) is 12.8 Å². The summed E-state index contributed by atoms with van der Waals surface area (Å²) in [5, 5.41) is 12.2. The average Bonchev–Trinajstić information content (AvgIpc) is 2.68. The highest BCUT2D eigenvalue weighted by atomic mass is 16.3. The van der Waals surface area contributed by atoms with Crippen LogP contribution in [0.15, 0.2) is 0 Å². The van der Waals surface area contributed by atoms with Crippen LogP contribution in [0, 0.1) is 0 Å². The van der Waals surface area contributed by atoms with Crippen molar-refractivity contribution >= 4 is 12.2 Å². The summed E-state index contributed by atoms with van der Waals surface area (Å²) in [7, 11) is 0. The number of hydrogen-bond acceptors (Lipinski definition) is 3. The number of unbranched alkanes of at least 4 members (excludes halogenated alkanes) is 14. The Hall–Kier alpha value is -0.900. The van der Waals surface area contributed by atoms with Gasteiger partial charge in [0.2, 0.25) is 5.91 Å². The second-order valence-electron chi connectivity index (χ2n) is 7.91. The number of amides is 1. The van der Waals surface area contributed by atoms with Gasteiger partial charge in [-0.2, -0.15) is 0 Å². The van der Waals surface area contributed by atoms with Gasteiger partial charge in [0.05, 0.1) is 6.04 Å². The second-order valence-corrected chi connectivity index (χ2v) is 7.91. The number of rotatable bonds is 20. The predicted octanol–water partition coefficient (Wildman–Crippen LogP) is 5.70. The summed E-state index contributed by atoms with van der Waals surface area (Å²) in [5.74, 6) is -0.0579. The lowest BCUT2D eigenvalue weighted by Crippen LogP contribution is -2.43. The van der Waals surface area contributed by atoms with Crippen LogP contribution in [0.2, 0.25) is 0 Å². The monoisotopic (exact) mass is 383 g/mol. The van der Waals surface area contributed by atoms with Crippen LogP contribution in [0.4, 0.5) is 0 Å². The molecular formula is C23H45NO3. The lowest BCUT2D eigenvalue weighted by Gasteiger charge is -2.18. The van der Waals surface area contributed by atoms with Crippen molar-refractivity contribution in [1.82, 2.24) is 5.32 Å². The van der Waals surface area contributed by atoms with Crippen LogP contribution in [0.1, 0.15) is 123 Å². The number of aldehydes is 1. The molecule has 0 aromatic rings. The Morgan fingerprint density at radius 2 is 1.19 bits per heavy atom. The molecule has 0 aliphatic rings. The van der Waals surface area contributed by atoms with Gasteiger partial charge in [0.1, 0.15) is 6.10 Å². The fraction of sp³-hybridized carbons (Fsp3) is 0.913. The van der Waals surface area contributed by atoms with E-state index in [9.17, 15) is 14.7 Å². The van der Waals surface area contributed by atoms with E-state index in [-0.39, 0.29) is 5.91 Å². The van der Waals surface area contributed by atoms with Gasteiger partial charge in [-0.15, -0.1) is 0 Å². The molecule has 1 amide bonds. The molecule has 0 aliphatic heterocycles. The highest BCUT2D eigenvalue weighted by Crippen LogP contribution is 2.13. The quantitative estimate of drug-likeness (QED) is 0.209. The normalized spacial score (nSPS) is 13.3. The van der Waals surface area contributed by atoms with Gasteiger partial charge < -0.3 is 15.2 Å². The molecule has 0 fully saturated rings. The first-order chi connectivity index (χ1) is 13.2. The highest BCUT2D eigenvalue weighted by Gasteiger charge is 2.18. The van der Waals surface area contributed by atoms with E-state index in [1.54, 1.807) is 0 Å². The van der Waals surface area contributed by atoms with E-state index >= 15 is 0 Å². The maximum atomic E-state index is 11.8. The molecule has 4 nitrogen and oxygen atoms in total. The van der Waals surface area contributed by atoms with Crippen molar-refractivity contribution in [3.63, 3.8) is 0 Å². The summed E-state index contributed by atoms with van der Waals surface area (Å²) in [6, 6.07) is -0.452. The Morgan fingerprint density at radius 3 is 1.56 bits per heavy atom. The minimum Gasteiger partial charge on any atom is -0.383 e. The molecule has 4 heteroatoms. The SMILES string of the molecule is CCCCCCCCCCCCCCCCCC(=O)N[C@@H](CC)[C@H](O)C=O. The lowest BCUT2D eigenvalue weighted by molar-refractivity contribution is -0.124. The molecule has 27 heavy (non-hydrogen) atoms. The standard InChI is InChI=1S/C23H45NO3/c1-3-5-6-7-8-9-10-11-12-13-14-15-16-17-18-19-23(27)24-21(4-2)22(26)20-25/h20-22,26H,3-19H2,1-2H3,(H,24,27)/t21-,22+/m0/s1. The predicted molar refractivity (Wildman–Crippen MR) is 114 cm³/mol. The lowest BCUT2D eigenvalue weighted by atomic mass is 10.0. The molecule has 0 heterocycles. The molecule has 0 saturated carbocycles. The molecule has 0 unspecified atom stereocenters. The fourth-order valence-corrected chi connectivity index (χ4v) is 3.46. The largest absolute Gasteiger partial charge is 0.383 e. The number of carbonyl (C=O) groups excluding carboxylic acids is 2. The zero-order valence-electron chi connectivity index (χ0n) is 18.0. The van der Waals surface area contributed by atoms with Gasteiger partial charge in [-0.1, -0.05) is 104 Å². The Bertz CT molecular complexity index is 347. The number of aliphatic hydroxyl groups is 1. The van der Waals surface area contributed by atoms with Crippen molar-refractivity contribution in [2.45, 2.75) is 135 Å². The summed E-state index contributed by atoms with van der Waals surface area (Å²) < 4.78 is 0. The van der Waals surface area contributed by atoms with Crippen molar-refractivity contribution in [3.05, 3.63) is 0 Å². The van der Waals surface area contributed by atoms with Gasteiger partial charge in [0, 0.05) is 6.42 Å². The summed E-state index contributed by atoms with van der Waals surface area (Å²) >= 11 is 0. The Morgan fingerprint density at radius 1 is 0.778 bits per heavy atom. The summed E-state index contributed by atoms with van der Waals surface area (Å²) in [6.07, 6.45) is 20.1. The maximum Gasteiger partial charge on any atom is 0.220 e. The smallest absolute Gasteiger partial charge is 0.220 e. The summed E-state index contributed by atoms with van der Waals surface area (Å²) in [6.45, 7) is 4.12. The van der Waals surface area contributed by atoms with Gasteiger partial charge in [-0.05, 0) is 12.8 Å². The number of hydrogen-bond donors (Lipinski definition) is 2. The third-order valence-electron chi connectivity index (χ3n) is 5.35. The number of nitrogens with one attached hydrogen (secondary N) is 1. The third kappa shape index (κ3) is 17.0. The van der Waals surface area contributed by atoms with Crippen LogP contribution in [0.5, 0.6) is 0 Å². The van der Waals surface area contributed by atoms with Crippen LogP contribution < -0.4 is 5.32 Å². The zero-order valence-corrected chi connectivity index (χ0v) is 18.0. The van der Waals surface area contributed by atoms with Crippen molar-refractivity contribution in [2.75, 3.05) is 0 Å². The molecule has 0 rings (SSSR count). The van der Waals surface area contributed by atoms with Crippen molar-refractivity contribution in [1.29, 1.82) is 0 Å². The maximum absolute atomic E-state index is 11.8. The van der Waals surface area contributed by atoms with Gasteiger partial charge >= 0.3 is 0 Å². The van der Waals surface area contributed by atoms with Crippen LogP contribution in [0.3, 0.4) is 0 Å². The van der Waals surface area contributed by atoms with E-state index in [2.05, 4.69) is 12.2 Å². The minimum absolute atomic E-state index is 0.0579. The van der Waals surface area contributed by atoms with Crippen LogP contribution >= 0.6 is 0 Å². The molecule has 0 radical (unpaired) electrons. The van der Waals surface area contributed by atoms with E-state index in [1.165, 1.54) is 83.5 Å². The minimum atomic E-state index is -1.10. The molecule has 2 atom stereocenters. The van der Waals surface area contributed by atoms with Crippen LogP contribution in [-0.4, -0.2) is 29.4 Å². The van der Waals surface area contributed by atoms with E-state index < -0.39 is 12.1 Å². The first kappa shape index (κ1) is 26.1. The van der Waals surface area contributed by atoms with E-state index in [1.807, 2.05) is 6.92 Å². The Kier molecular flexibility index (Phi) is 19.2. The molecule has 0 bridgehead atoms. The van der Waals surface area contributed by atoms with Crippen molar-refractivity contribution in [2.24, 2.45) is 0 Å². The number of aliphatic hydroxyl groups excluding tert-OH is 1. The third-order valence-corrected chi connectivity index (χ3v) is 5.35. The molecule has 0 aromatic carbocycles. The van der Waals surface area contributed by atoms with Gasteiger partial charge in [0.15, 0.2) is 6.29 Å². The molecule has 0 spiro atoms. The van der Waals surface area contributed by atoms with Gasteiger partial charge in [-0.3, -0.25) is 4.79 Å². The van der Waals surface area contributed by atoms with E-state index in [4.69, 9.17) is 0 Å². The summed E-state index contributed by atoms with van der Waals surface area (Å²) in [5.41, 5.74) is 0. The number of carbonyl (C=O) groups is 2. The summed E-state index contributed by atoms with van der Waals surface area (Å²) in [4.78, 5) is 22.4. The first-order valence-electron chi connectivity index (χ1n) is 11.6. The first-order valence-corrected chi connectivity index (χ1v) is 11.6. The van der Waals surface area contributed by atoms with Crippen LogP contribution in [0.25, 0.3) is 0 Å². The highest BCUT2D eigenvalue weighted by molar-refractivity contribution is 5.76. The average molecular weight is 384 g/mol. The molecule has 0 aromatic heterocycles. The van der Waals surface area contributed by atoms with Crippen LogP contribution in [-0.2, 0) is 9.59 Å².